The van der Waals surface area contributed by atoms with E-state index >= 15 is 0 Å². The molecule has 0 aromatic rings. The second-order valence-corrected chi connectivity index (χ2v) is 4.32. The smallest absolute Gasteiger partial charge is 0.326 e. The predicted octanol–water partition coefficient (Wildman–Crippen LogP) is -0.190. The molecule has 2 unspecified atom stereocenters. The average Bonchev–Trinajstić information content (AvgIpc) is 3.15. The average molecular weight is 260 g/mol. The zero-order valence-electron chi connectivity index (χ0n) is 10.6. The lowest BCUT2D eigenvalue weighted by atomic mass is 10.2. The molecule has 1 fully saturated rings. The number of urea groups is 1. The van der Waals surface area contributed by atoms with E-state index in [0.29, 0.717) is 6.61 Å². The third-order valence-electron chi connectivity index (χ3n) is 2.82. The molecule has 2 atom stereocenters. The highest BCUT2D eigenvalue weighted by atomic mass is 16.5. The van der Waals surface area contributed by atoms with Gasteiger partial charge in [0, 0.05) is 20.8 Å². The summed E-state index contributed by atoms with van der Waals surface area (Å²) in [6.07, 6.45) is 1.45. The number of carboxylic acid groups (broad SMARTS) is 1. The van der Waals surface area contributed by atoms with E-state index in [9.17, 15) is 9.59 Å². The van der Waals surface area contributed by atoms with Crippen LogP contribution in [0.3, 0.4) is 0 Å². The fraction of sp³-hybridized carbons (Fsp3) is 0.818. The molecule has 0 heterocycles. The summed E-state index contributed by atoms with van der Waals surface area (Å²) in [6.45, 7) is 0.634. The van der Waals surface area contributed by atoms with Gasteiger partial charge in [0.1, 0.15) is 6.04 Å². The van der Waals surface area contributed by atoms with Gasteiger partial charge in [-0.05, 0) is 18.8 Å². The van der Waals surface area contributed by atoms with Crippen molar-refractivity contribution >= 4 is 12.0 Å². The number of carbonyl (C=O) groups is 2. The third kappa shape index (κ3) is 4.89. The summed E-state index contributed by atoms with van der Waals surface area (Å²) >= 11 is 0. The zero-order chi connectivity index (χ0) is 13.5. The quantitative estimate of drug-likeness (QED) is 0.562. The van der Waals surface area contributed by atoms with Crippen LogP contribution < -0.4 is 10.6 Å². The molecule has 18 heavy (non-hydrogen) atoms. The van der Waals surface area contributed by atoms with Crippen molar-refractivity contribution in [3.05, 3.63) is 0 Å². The summed E-state index contributed by atoms with van der Waals surface area (Å²) in [5.41, 5.74) is 0. The van der Waals surface area contributed by atoms with Crippen LogP contribution in [-0.4, -0.2) is 56.6 Å². The number of rotatable bonds is 8. The Hall–Kier alpha value is -1.34. The molecule has 0 aromatic carbocycles. The summed E-state index contributed by atoms with van der Waals surface area (Å²) in [7, 11) is 3.06. The van der Waals surface area contributed by atoms with Gasteiger partial charge in [0.2, 0.25) is 0 Å². The highest BCUT2D eigenvalue weighted by Crippen LogP contribution is 2.32. The van der Waals surface area contributed by atoms with E-state index in [1.165, 1.54) is 7.11 Å². The van der Waals surface area contributed by atoms with Crippen molar-refractivity contribution in [3.63, 3.8) is 0 Å². The number of aliphatic carboxylic acids is 1. The maximum atomic E-state index is 11.5. The van der Waals surface area contributed by atoms with Gasteiger partial charge in [-0.3, -0.25) is 0 Å². The molecule has 0 radical (unpaired) electrons. The number of hydrogen-bond acceptors (Lipinski definition) is 4. The van der Waals surface area contributed by atoms with Crippen molar-refractivity contribution < 1.29 is 24.2 Å². The Balaban J connectivity index is 2.29. The normalized spacial score (nSPS) is 17.9. The molecule has 0 saturated heterocycles. The maximum Gasteiger partial charge on any atom is 0.326 e. The van der Waals surface area contributed by atoms with E-state index in [4.69, 9.17) is 14.6 Å². The molecule has 0 spiro atoms. The molecule has 2 amide bonds. The monoisotopic (exact) mass is 260 g/mol. The van der Waals surface area contributed by atoms with Crippen molar-refractivity contribution in [1.29, 1.82) is 0 Å². The molecule has 1 saturated carbocycles. The summed E-state index contributed by atoms with van der Waals surface area (Å²) in [4.78, 5) is 22.5. The Labute approximate surface area is 106 Å². The molecule has 1 aliphatic rings. The molecule has 7 heteroatoms. The molecule has 0 bridgehead atoms. The van der Waals surface area contributed by atoms with Crippen LogP contribution in [0, 0.1) is 5.92 Å². The molecule has 104 valence electrons. The Bertz CT molecular complexity index is 293. The summed E-state index contributed by atoms with van der Waals surface area (Å²) in [5.74, 6) is -0.932. The van der Waals surface area contributed by atoms with Gasteiger partial charge in [0.05, 0.1) is 12.7 Å². The second-order valence-electron chi connectivity index (χ2n) is 4.32. The van der Waals surface area contributed by atoms with E-state index < -0.39 is 18.0 Å². The lowest BCUT2D eigenvalue weighted by Gasteiger charge is -2.17. The van der Waals surface area contributed by atoms with Gasteiger partial charge in [-0.15, -0.1) is 0 Å². The number of carboxylic acids is 1. The van der Waals surface area contributed by atoms with Crippen molar-refractivity contribution in [2.24, 2.45) is 5.92 Å². The second kappa shape index (κ2) is 7.17. The number of carbonyl (C=O) groups excluding carboxylic acids is 1. The van der Waals surface area contributed by atoms with Crippen LogP contribution in [0.4, 0.5) is 4.79 Å². The van der Waals surface area contributed by atoms with Crippen LogP contribution in [0.15, 0.2) is 0 Å². The van der Waals surface area contributed by atoms with Crippen LogP contribution in [0.25, 0.3) is 0 Å². The highest BCUT2D eigenvalue weighted by Gasteiger charge is 2.37. The molecule has 7 nitrogen and oxygen atoms in total. The summed E-state index contributed by atoms with van der Waals surface area (Å²) in [6, 6.07) is -1.29. The van der Waals surface area contributed by atoms with Crippen molar-refractivity contribution in [2.75, 3.05) is 27.4 Å². The fourth-order valence-electron chi connectivity index (χ4n) is 1.61. The first-order chi connectivity index (χ1) is 8.58. The molecule has 0 aliphatic heterocycles. The van der Waals surface area contributed by atoms with Gasteiger partial charge in [0.25, 0.3) is 0 Å². The topological polar surface area (TPSA) is 96.9 Å². The SMILES string of the molecule is COCC(CNC(=O)NC(C(=O)O)C1CC1)OC. The van der Waals surface area contributed by atoms with Crippen molar-refractivity contribution in [2.45, 2.75) is 25.0 Å². The molecule has 1 rings (SSSR count). The first kappa shape index (κ1) is 14.7. The van der Waals surface area contributed by atoms with Crippen molar-refractivity contribution in [1.82, 2.24) is 10.6 Å². The van der Waals surface area contributed by atoms with Crippen LogP contribution in [0.1, 0.15) is 12.8 Å². The van der Waals surface area contributed by atoms with Gasteiger partial charge in [-0.2, -0.15) is 0 Å². The van der Waals surface area contributed by atoms with E-state index in [0.717, 1.165) is 12.8 Å². The van der Waals surface area contributed by atoms with Crippen molar-refractivity contribution in [3.8, 4) is 0 Å². The standard InChI is InChI=1S/C11H20N2O5/c1-17-6-8(18-2)5-12-11(16)13-9(10(14)15)7-3-4-7/h7-9H,3-6H2,1-2H3,(H,14,15)(H2,12,13,16). The first-order valence-corrected chi connectivity index (χ1v) is 5.87. The van der Waals surface area contributed by atoms with E-state index in [2.05, 4.69) is 10.6 Å². The minimum absolute atomic E-state index is 0.0606. The van der Waals surface area contributed by atoms with Gasteiger partial charge in [-0.25, -0.2) is 9.59 Å². The highest BCUT2D eigenvalue weighted by molar-refractivity contribution is 5.83. The number of ether oxygens (including phenoxy) is 2. The Morgan fingerprint density at radius 1 is 1.39 bits per heavy atom. The lowest BCUT2D eigenvalue weighted by Crippen LogP contribution is -2.49. The van der Waals surface area contributed by atoms with E-state index in [1.54, 1.807) is 7.11 Å². The minimum atomic E-state index is -0.993. The van der Waals surface area contributed by atoms with Gasteiger partial charge < -0.3 is 25.2 Å². The Morgan fingerprint density at radius 3 is 2.50 bits per heavy atom. The summed E-state index contributed by atoms with van der Waals surface area (Å²) in [5, 5.41) is 14.0. The van der Waals surface area contributed by atoms with Gasteiger partial charge >= 0.3 is 12.0 Å². The van der Waals surface area contributed by atoms with Crippen LogP contribution >= 0.6 is 0 Å². The summed E-state index contributed by atoms with van der Waals surface area (Å²) < 4.78 is 9.97. The van der Waals surface area contributed by atoms with Crippen LogP contribution in [-0.2, 0) is 14.3 Å². The predicted molar refractivity (Wildman–Crippen MR) is 63.4 cm³/mol. The van der Waals surface area contributed by atoms with Gasteiger partial charge in [-0.1, -0.05) is 0 Å². The number of methoxy groups -OCH3 is 2. The zero-order valence-corrected chi connectivity index (χ0v) is 10.6. The lowest BCUT2D eigenvalue weighted by molar-refractivity contribution is -0.139. The number of nitrogens with one attached hydrogen (secondary N) is 2. The first-order valence-electron chi connectivity index (χ1n) is 5.87. The number of amides is 2. The largest absolute Gasteiger partial charge is 0.480 e. The maximum absolute atomic E-state index is 11.5. The molecule has 0 aromatic heterocycles. The molecular formula is C11H20N2O5. The molecular weight excluding hydrogens is 240 g/mol. The van der Waals surface area contributed by atoms with E-state index in [1.807, 2.05) is 0 Å². The minimum Gasteiger partial charge on any atom is -0.480 e. The number of hydrogen-bond donors (Lipinski definition) is 3. The van der Waals surface area contributed by atoms with E-state index in [-0.39, 0.29) is 18.6 Å². The van der Waals surface area contributed by atoms with Gasteiger partial charge in [0.15, 0.2) is 0 Å². The molecule has 1 aliphatic carbocycles. The Kier molecular flexibility index (Phi) is 5.87. The van der Waals surface area contributed by atoms with Crippen LogP contribution in [0.5, 0.6) is 0 Å². The van der Waals surface area contributed by atoms with Crippen LogP contribution in [0.2, 0.25) is 0 Å². The fourth-order valence-corrected chi connectivity index (χ4v) is 1.61. The third-order valence-corrected chi connectivity index (χ3v) is 2.82. The Morgan fingerprint density at radius 2 is 2.06 bits per heavy atom. The molecule has 3 N–H and O–H groups in total.